The molecule has 0 saturated carbocycles. The number of hydrogen-bond acceptors (Lipinski definition) is 2. The van der Waals surface area contributed by atoms with Crippen LogP contribution in [-0.2, 0) is 0 Å². The van der Waals surface area contributed by atoms with Crippen LogP contribution in [0.1, 0.15) is 6.42 Å². The first-order valence-corrected chi connectivity index (χ1v) is 2.76. The molecule has 1 rings (SSSR count). The highest BCUT2D eigenvalue weighted by molar-refractivity contribution is 6.31. The summed E-state index contributed by atoms with van der Waals surface area (Å²) in [6, 6.07) is 0. The van der Waals surface area contributed by atoms with Crippen LogP contribution in [0.15, 0.2) is 17.3 Å². The summed E-state index contributed by atoms with van der Waals surface area (Å²) in [6.07, 6.45) is 5.73. The zero-order chi connectivity index (χ0) is 6.04. The molecule has 0 aromatic heterocycles. The second-order valence-electron chi connectivity index (χ2n) is 1.79. The smallest absolute Gasteiger partial charge is 0.130 e. The predicted octanol–water partition coefficient (Wildman–Crippen LogP) is 0.868. The van der Waals surface area contributed by atoms with Crippen LogP contribution < -0.4 is 5.73 Å². The van der Waals surface area contributed by atoms with Gasteiger partial charge in [-0.15, -0.1) is 0 Å². The van der Waals surface area contributed by atoms with Gasteiger partial charge in [0.15, 0.2) is 0 Å². The number of alkyl halides is 1. The van der Waals surface area contributed by atoms with E-state index >= 15 is 0 Å². The third kappa shape index (κ3) is 1.32. The monoisotopic (exact) mass is 130 g/mol. The van der Waals surface area contributed by atoms with Crippen molar-refractivity contribution in [2.45, 2.75) is 11.4 Å². The van der Waals surface area contributed by atoms with E-state index < -0.39 is 5.00 Å². The van der Waals surface area contributed by atoms with E-state index in [-0.39, 0.29) is 0 Å². The average Bonchev–Trinajstić information content (AvgIpc) is 1.65. The maximum absolute atomic E-state index is 5.65. The van der Waals surface area contributed by atoms with Gasteiger partial charge in [-0.05, 0) is 0 Å². The van der Waals surface area contributed by atoms with Crippen molar-refractivity contribution in [3.63, 3.8) is 0 Å². The molecule has 0 radical (unpaired) electrons. The fraction of sp³-hybridized carbons (Fsp3) is 0.400. The highest BCUT2D eigenvalue weighted by atomic mass is 35.5. The Morgan fingerprint density at radius 1 is 1.75 bits per heavy atom. The fourth-order valence-corrected chi connectivity index (χ4v) is 0.659. The molecule has 1 unspecified atom stereocenters. The van der Waals surface area contributed by atoms with Crippen LogP contribution in [0.5, 0.6) is 0 Å². The molecule has 0 saturated heterocycles. The van der Waals surface area contributed by atoms with Gasteiger partial charge in [0.1, 0.15) is 5.00 Å². The molecule has 3 heteroatoms. The van der Waals surface area contributed by atoms with E-state index in [1.54, 1.807) is 6.20 Å². The van der Waals surface area contributed by atoms with Crippen molar-refractivity contribution in [1.82, 2.24) is 0 Å². The van der Waals surface area contributed by atoms with Crippen molar-refractivity contribution in [3.05, 3.63) is 12.3 Å². The Morgan fingerprint density at radius 2 is 2.50 bits per heavy atom. The summed E-state index contributed by atoms with van der Waals surface area (Å²) in [7, 11) is 0. The Labute approximate surface area is 53.0 Å². The Bertz CT molecular complexity index is 137. The largest absolute Gasteiger partial charge is 0.308 e. The molecule has 0 fully saturated rings. The SMILES string of the molecule is NC1(Cl)C=NC=CC1. The van der Waals surface area contributed by atoms with Gasteiger partial charge >= 0.3 is 0 Å². The maximum atomic E-state index is 5.65. The number of nitrogens with two attached hydrogens (primary N) is 1. The third-order valence-corrected chi connectivity index (χ3v) is 1.16. The van der Waals surface area contributed by atoms with E-state index in [1.807, 2.05) is 6.08 Å². The van der Waals surface area contributed by atoms with Crippen LogP contribution in [0, 0.1) is 0 Å². The van der Waals surface area contributed by atoms with Crippen molar-refractivity contribution in [2.24, 2.45) is 10.7 Å². The molecule has 44 valence electrons. The molecular formula is C5H7ClN2. The molecule has 0 bridgehead atoms. The van der Waals surface area contributed by atoms with Gasteiger partial charge in [0.2, 0.25) is 0 Å². The summed E-state index contributed by atoms with van der Waals surface area (Å²) in [5, 5.41) is 0. The van der Waals surface area contributed by atoms with E-state index in [1.165, 1.54) is 6.21 Å². The van der Waals surface area contributed by atoms with Gasteiger partial charge in [0.25, 0.3) is 0 Å². The van der Waals surface area contributed by atoms with Crippen molar-refractivity contribution in [2.75, 3.05) is 0 Å². The molecule has 1 aliphatic heterocycles. The molecule has 0 aromatic rings. The summed E-state index contributed by atoms with van der Waals surface area (Å²) in [5.74, 6) is 0. The lowest BCUT2D eigenvalue weighted by molar-refractivity contribution is 0.798. The molecule has 1 heterocycles. The van der Waals surface area contributed by atoms with Crippen molar-refractivity contribution < 1.29 is 0 Å². The van der Waals surface area contributed by atoms with Crippen molar-refractivity contribution in [1.29, 1.82) is 0 Å². The lowest BCUT2D eigenvalue weighted by Crippen LogP contribution is -2.34. The Morgan fingerprint density at radius 3 is 2.75 bits per heavy atom. The second-order valence-corrected chi connectivity index (χ2v) is 2.50. The minimum absolute atomic E-state index is 0.665. The average molecular weight is 131 g/mol. The van der Waals surface area contributed by atoms with Gasteiger partial charge in [-0.2, -0.15) is 0 Å². The van der Waals surface area contributed by atoms with Crippen LogP contribution >= 0.6 is 11.6 Å². The molecule has 0 spiro atoms. The molecule has 0 aliphatic carbocycles. The predicted molar refractivity (Wildman–Crippen MR) is 35.0 cm³/mol. The minimum atomic E-state index is -0.727. The first kappa shape index (κ1) is 5.79. The minimum Gasteiger partial charge on any atom is -0.308 e. The first-order chi connectivity index (χ1) is 3.71. The highest BCUT2D eigenvalue weighted by Gasteiger charge is 2.17. The normalized spacial score (nSPS) is 35.8. The number of nitrogens with zero attached hydrogens (tertiary/aromatic N) is 1. The summed E-state index contributed by atoms with van der Waals surface area (Å²) >= 11 is 5.65. The summed E-state index contributed by atoms with van der Waals surface area (Å²) in [4.78, 5) is 3.04. The lowest BCUT2D eigenvalue weighted by atomic mass is 10.2. The van der Waals surface area contributed by atoms with Crippen LogP contribution in [0.25, 0.3) is 0 Å². The zero-order valence-electron chi connectivity index (χ0n) is 4.34. The molecule has 2 nitrogen and oxygen atoms in total. The number of halogens is 1. The Balaban J connectivity index is 2.65. The van der Waals surface area contributed by atoms with Gasteiger partial charge in [-0.1, -0.05) is 17.7 Å². The lowest BCUT2D eigenvalue weighted by Gasteiger charge is -2.15. The maximum Gasteiger partial charge on any atom is 0.130 e. The van der Waals surface area contributed by atoms with Crippen LogP contribution in [0.3, 0.4) is 0 Å². The fourth-order valence-electron chi connectivity index (χ4n) is 0.514. The van der Waals surface area contributed by atoms with Crippen LogP contribution in [-0.4, -0.2) is 11.2 Å². The van der Waals surface area contributed by atoms with E-state index in [4.69, 9.17) is 17.3 Å². The van der Waals surface area contributed by atoms with Crippen LogP contribution in [0.2, 0.25) is 0 Å². The van der Waals surface area contributed by atoms with Gasteiger partial charge in [0, 0.05) is 18.8 Å². The Hall–Kier alpha value is -0.340. The quantitative estimate of drug-likeness (QED) is 0.384. The van der Waals surface area contributed by atoms with Gasteiger partial charge in [-0.3, -0.25) is 4.99 Å². The molecule has 2 N–H and O–H groups in total. The molecule has 1 atom stereocenters. The molecular weight excluding hydrogens is 124 g/mol. The second kappa shape index (κ2) is 1.88. The first-order valence-electron chi connectivity index (χ1n) is 2.38. The van der Waals surface area contributed by atoms with Crippen molar-refractivity contribution in [3.8, 4) is 0 Å². The van der Waals surface area contributed by atoms with E-state index in [0.29, 0.717) is 6.42 Å². The molecule has 8 heavy (non-hydrogen) atoms. The van der Waals surface area contributed by atoms with Gasteiger partial charge in [-0.25, -0.2) is 0 Å². The summed E-state index contributed by atoms with van der Waals surface area (Å²) in [5.41, 5.74) is 5.44. The molecule has 0 amide bonds. The number of rotatable bonds is 0. The Kier molecular flexibility index (Phi) is 1.36. The molecule has 1 aliphatic rings. The van der Waals surface area contributed by atoms with Crippen molar-refractivity contribution >= 4 is 17.8 Å². The highest BCUT2D eigenvalue weighted by Crippen LogP contribution is 2.13. The standard InChI is InChI=1S/C5H7ClN2/c6-5(7)2-1-3-8-4-5/h1,3-4H,2,7H2. The van der Waals surface area contributed by atoms with Crippen LogP contribution in [0.4, 0.5) is 0 Å². The summed E-state index contributed by atoms with van der Waals surface area (Å²) in [6.45, 7) is 0. The molecule has 0 aromatic carbocycles. The number of aliphatic imine (C=N–C) groups is 1. The topological polar surface area (TPSA) is 38.4 Å². The summed E-state index contributed by atoms with van der Waals surface area (Å²) < 4.78 is 0. The third-order valence-electron chi connectivity index (χ3n) is 0.911. The van der Waals surface area contributed by atoms with Gasteiger partial charge < -0.3 is 5.73 Å². The van der Waals surface area contributed by atoms with E-state index in [9.17, 15) is 0 Å². The van der Waals surface area contributed by atoms with E-state index in [2.05, 4.69) is 4.99 Å². The number of hydrogen-bond donors (Lipinski definition) is 1. The zero-order valence-corrected chi connectivity index (χ0v) is 5.10. The van der Waals surface area contributed by atoms with Gasteiger partial charge in [0.05, 0.1) is 0 Å². The van der Waals surface area contributed by atoms with E-state index in [0.717, 1.165) is 0 Å².